The fraction of sp³-hybridized carbons (Fsp3) is 0.174. The fourth-order valence-corrected chi connectivity index (χ4v) is 2.65. The van der Waals surface area contributed by atoms with Crippen LogP contribution < -0.4 is 24.8 Å². The summed E-state index contributed by atoms with van der Waals surface area (Å²) in [6.45, 7) is -1.69. The summed E-state index contributed by atoms with van der Waals surface area (Å²) in [7, 11) is 1.53. The molecule has 2 aromatic carbocycles. The number of carbonyl (C=O) groups is 2. The molecule has 1 heterocycles. The summed E-state index contributed by atoms with van der Waals surface area (Å²) in [5.74, 6) is -0.0650. The van der Waals surface area contributed by atoms with Gasteiger partial charge in [0.05, 0.1) is 19.0 Å². The number of nitrogens with zero attached hydrogens (tertiary/aromatic N) is 1. The number of benzene rings is 2. The van der Waals surface area contributed by atoms with Crippen molar-refractivity contribution >= 4 is 23.2 Å². The molecule has 34 heavy (non-hydrogen) atoms. The number of rotatable bonds is 9. The third kappa shape index (κ3) is 7.69. The molecule has 0 fully saturated rings. The minimum atomic E-state index is -4.47. The van der Waals surface area contributed by atoms with E-state index < -0.39 is 18.7 Å². The predicted octanol–water partition coefficient (Wildman–Crippen LogP) is 4.30. The monoisotopic (exact) mass is 475 g/mol. The summed E-state index contributed by atoms with van der Waals surface area (Å²) < 4.78 is 51.5. The van der Waals surface area contributed by atoms with Gasteiger partial charge in [-0.25, -0.2) is 4.98 Å². The van der Waals surface area contributed by atoms with E-state index in [4.69, 9.17) is 9.47 Å². The second kappa shape index (κ2) is 11.0. The van der Waals surface area contributed by atoms with E-state index in [1.807, 2.05) is 0 Å². The van der Waals surface area contributed by atoms with Crippen LogP contribution in [0.5, 0.6) is 17.4 Å². The first-order chi connectivity index (χ1) is 16.2. The highest BCUT2D eigenvalue weighted by Gasteiger charge is 2.28. The zero-order valence-corrected chi connectivity index (χ0v) is 17.9. The Bertz CT molecular complexity index is 1120. The Balaban J connectivity index is 1.47. The molecule has 0 unspecified atom stereocenters. The number of hydrogen-bond acceptors (Lipinski definition) is 6. The number of pyridine rings is 1. The normalized spacial score (nSPS) is 10.8. The molecule has 3 rings (SSSR count). The average Bonchev–Trinajstić information content (AvgIpc) is 2.82. The topological polar surface area (TPSA) is 98.8 Å². The first-order valence-electron chi connectivity index (χ1n) is 9.85. The minimum absolute atomic E-state index is 0.215. The lowest BCUT2D eigenvalue weighted by Gasteiger charge is -2.10. The summed E-state index contributed by atoms with van der Waals surface area (Å²) in [5.41, 5.74) is 1.14. The van der Waals surface area contributed by atoms with E-state index in [9.17, 15) is 22.8 Å². The maximum atomic E-state index is 12.4. The quantitative estimate of drug-likeness (QED) is 0.479. The SMILES string of the molecule is COc1cccc(NC(=O)COc2ccc(C(=O)Nc3ccc(OCC(F)(F)F)nc3)cc2)c1. The minimum Gasteiger partial charge on any atom is -0.497 e. The van der Waals surface area contributed by atoms with Crippen molar-refractivity contribution in [1.82, 2.24) is 4.98 Å². The molecule has 2 N–H and O–H groups in total. The van der Waals surface area contributed by atoms with E-state index in [2.05, 4.69) is 20.4 Å². The Morgan fingerprint density at radius 2 is 1.68 bits per heavy atom. The maximum Gasteiger partial charge on any atom is 0.422 e. The molecule has 1 aromatic heterocycles. The third-order valence-electron chi connectivity index (χ3n) is 4.22. The summed E-state index contributed by atoms with van der Waals surface area (Å²) in [5, 5.41) is 5.25. The van der Waals surface area contributed by atoms with Crippen LogP contribution in [0.2, 0.25) is 0 Å². The van der Waals surface area contributed by atoms with E-state index in [-0.39, 0.29) is 24.1 Å². The number of nitrogens with one attached hydrogen (secondary N) is 2. The zero-order chi connectivity index (χ0) is 24.6. The van der Waals surface area contributed by atoms with Crippen molar-refractivity contribution in [3.05, 3.63) is 72.4 Å². The molecule has 0 radical (unpaired) electrons. The lowest BCUT2D eigenvalue weighted by Crippen LogP contribution is -2.20. The Morgan fingerprint density at radius 1 is 0.912 bits per heavy atom. The number of carbonyl (C=O) groups excluding carboxylic acids is 2. The molecule has 0 aliphatic carbocycles. The smallest absolute Gasteiger partial charge is 0.422 e. The van der Waals surface area contributed by atoms with Gasteiger partial charge in [0.15, 0.2) is 13.2 Å². The van der Waals surface area contributed by atoms with Crippen LogP contribution >= 0.6 is 0 Å². The zero-order valence-electron chi connectivity index (χ0n) is 17.9. The number of halogens is 3. The number of aromatic nitrogens is 1. The Labute approximate surface area is 192 Å². The van der Waals surface area contributed by atoms with Crippen LogP contribution in [-0.2, 0) is 4.79 Å². The fourth-order valence-electron chi connectivity index (χ4n) is 2.65. The molecule has 11 heteroatoms. The van der Waals surface area contributed by atoms with Gasteiger partial charge in [-0.15, -0.1) is 0 Å². The number of hydrogen-bond donors (Lipinski definition) is 2. The van der Waals surface area contributed by atoms with Crippen molar-refractivity contribution in [3.63, 3.8) is 0 Å². The van der Waals surface area contributed by atoms with Gasteiger partial charge in [0.2, 0.25) is 5.88 Å². The van der Waals surface area contributed by atoms with Gasteiger partial charge in [0.1, 0.15) is 11.5 Å². The highest BCUT2D eigenvalue weighted by Crippen LogP contribution is 2.19. The highest BCUT2D eigenvalue weighted by atomic mass is 19.4. The first kappa shape index (κ1) is 24.4. The third-order valence-corrected chi connectivity index (χ3v) is 4.22. The predicted molar refractivity (Wildman–Crippen MR) is 117 cm³/mol. The van der Waals surface area contributed by atoms with Gasteiger partial charge in [0, 0.05) is 23.4 Å². The molecular weight excluding hydrogens is 455 g/mol. The van der Waals surface area contributed by atoms with Gasteiger partial charge < -0.3 is 24.8 Å². The van der Waals surface area contributed by atoms with E-state index in [0.717, 1.165) is 0 Å². The van der Waals surface area contributed by atoms with Crippen LogP contribution in [0.25, 0.3) is 0 Å². The number of anilines is 2. The molecule has 2 amide bonds. The molecule has 8 nitrogen and oxygen atoms in total. The highest BCUT2D eigenvalue weighted by molar-refractivity contribution is 6.04. The molecule has 0 spiro atoms. The van der Waals surface area contributed by atoms with Crippen molar-refractivity contribution in [1.29, 1.82) is 0 Å². The second-order valence-corrected chi connectivity index (χ2v) is 6.84. The van der Waals surface area contributed by atoms with Crippen LogP contribution in [0.4, 0.5) is 24.5 Å². The van der Waals surface area contributed by atoms with Gasteiger partial charge in [-0.3, -0.25) is 9.59 Å². The second-order valence-electron chi connectivity index (χ2n) is 6.84. The molecule has 178 valence electrons. The molecular formula is C23H20F3N3O5. The number of ether oxygens (including phenoxy) is 3. The lowest BCUT2D eigenvalue weighted by atomic mass is 10.2. The molecule has 0 saturated heterocycles. The largest absolute Gasteiger partial charge is 0.497 e. The molecule has 0 bridgehead atoms. The Morgan fingerprint density at radius 3 is 2.32 bits per heavy atom. The number of alkyl halides is 3. The number of methoxy groups -OCH3 is 1. The van der Waals surface area contributed by atoms with Crippen LogP contribution in [0.1, 0.15) is 10.4 Å². The van der Waals surface area contributed by atoms with Crippen molar-refractivity contribution in [2.45, 2.75) is 6.18 Å². The summed E-state index contributed by atoms with van der Waals surface area (Å²) in [6.07, 6.45) is -3.29. The van der Waals surface area contributed by atoms with E-state index in [0.29, 0.717) is 22.7 Å². The van der Waals surface area contributed by atoms with E-state index in [1.165, 1.54) is 49.7 Å². The van der Waals surface area contributed by atoms with E-state index in [1.54, 1.807) is 24.3 Å². The molecule has 0 saturated carbocycles. The van der Waals surface area contributed by atoms with Gasteiger partial charge in [-0.05, 0) is 42.5 Å². The van der Waals surface area contributed by atoms with Crippen molar-refractivity contribution in [3.8, 4) is 17.4 Å². The maximum absolute atomic E-state index is 12.4. The average molecular weight is 475 g/mol. The lowest BCUT2D eigenvalue weighted by molar-refractivity contribution is -0.154. The first-order valence-corrected chi connectivity index (χ1v) is 9.85. The standard InChI is InChI=1S/C23H20F3N3O5/c1-32-19-4-2-3-16(11-19)28-20(30)13-33-18-8-5-15(6-9-18)22(31)29-17-7-10-21(27-12-17)34-14-23(24,25)26/h2-12H,13-14H2,1H3,(H,28,30)(H,29,31). The molecule has 0 atom stereocenters. The van der Waals surface area contributed by atoms with Crippen molar-refractivity contribution in [2.75, 3.05) is 31.0 Å². The number of amides is 2. The van der Waals surface area contributed by atoms with Gasteiger partial charge in [-0.1, -0.05) is 6.07 Å². The van der Waals surface area contributed by atoms with E-state index >= 15 is 0 Å². The molecule has 3 aromatic rings. The van der Waals surface area contributed by atoms with Crippen molar-refractivity contribution < 1.29 is 37.0 Å². The summed E-state index contributed by atoms with van der Waals surface area (Å²) in [4.78, 5) is 28.1. The molecule has 0 aliphatic heterocycles. The Hall–Kier alpha value is -4.28. The van der Waals surface area contributed by atoms with Crippen LogP contribution in [-0.4, -0.2) is 43.3 Å². The van der Waals surface area contributed by atoms with Crippen LogP contribution in [0.15, 0.2) is 66.9 Å². The Kier molecular flexibility index (Phi) is 7.91. The van der Waals surface area contributed by atoms with Gasteiger partial charge >= 0.3 is 6.18 Å². The summed E-state index contributed by atoms with van der Waals surface area (Å²) >= 11 is 0. The van der Waals surface area contributed by atoms with Gasteiger partial charge in [0.25, 0.3) is 11.8 Å². The van der Waals surface area contributed by atoms with Crippen LogP contribution in [0.3, 0.4) is 0 Å². The van der Waals surface area contributed by atoms with Crippen LogP contribution in [0, 0.1) is 0 Å². The van der Waals surface area contributed by atoms with Gasteiger partial charge in [-0.2, -0.15) is 13.2 Å². The molecule has 0 aliphatic rings. The van der Waals surface area contributed by atoms with Crippen molar-refractivity contribution in [2.24, 2.45) is 0 Å². The summed E-state index contributed by atoms with van der Waals surface area (Å²) in [6, 6.07) is 15.5.